The van der Waals surface area contributed by atoms with Crippen LogP contribution < -0.4 is 0 Å². The molecule has 0 amide bonds. The van der Waals surface area contributed by atoms with E-state index in [9.17, 15) is 9.59 Å². The lowest BCUT2D eigenvalue weighted by Gasteiger charge is -2.28. The van der Waals surface area contributed by atoms with Crippen LogP contribution in [0.2, 0.25) is 5.02 Å². The van der Waals surface area contributed by atoms with Crippen molar-refractivity contribution >= 4 is 34.3 Å². The van der Waals surface area contributed by atoms with Crippen molar-refractivity contribution in [1.29, 1.82) is 0 Å². The van der Waals surface area contributed by atoms with Crippen molar-refractivity contribution in [2.24, 2.45) is 0 Å². The number of carbonyl (C=O) groups excluding carboxylic acids is 2. The molecule has 6 heteroatoms. The molecule has 1 aromatic heterocycles. The number of hydrogen-bond acceptors (Lipinski definition) is 5. The molecule has 0 spiro atoms. The summed E-state index contributed by atoms with van der Waals surface area (Å²) in [6.45, 7) is 4.25. The smallest absolute Gasteiger partial charge is 0.339 e. The Morgan fingerprint density at radius 2 is 1.90 bits per heavy atom. The van der Waals surface area contributed by atoms with Crippen molar-refractivity contribution in [1.82, 2.24) is 9.88 Å². The van der Waals surface area contributed by atoms with Crippen LogP contribution in [0.15, 0.2) is 48.5 Å². The number of para-hydroxylation sites is 1. The Hall–Kier alpha value is -2.76. The minimum Gasteiger partial charge on any atom is -0.454 e. The fourth-order valence-electron chi connectivity index (χ4n) is 3.67. The maximum absolute atomic E-state index is 13.1. The summed E-state index contributed by atoms with van der Waals surface area (Å²) in [5.74, 6) is -0.752. The molecule has 1 aliphatic heterocycles. The number of aromatic nitrogens is 1. The third-order valence-electron chi connectivity index (χ3n) is 5.28. The van der Waals surface area contributed by atoms with E-state index < -0.39 is 5.97 Å². The van der Waals surface area contributed by atoms with Gasteiger partial charge >= 0.3 is 5.97 Å². The van der Waals surface area contributed by atoms with Crippen molar-refractivity contribution in [3.8, 4) is 0 Å². The highest BCUT2D eigenvalue weighted by Crippen LogP contribution is 2.28. The van der Waals surface area contributed by atoms with Gasteiger partial charge in [-0.25, -0.2) is 4.79 Å². The summed E-state index contributed by atoms with van der Waals surface area (Å²) in [6, 6.07) is 14.1. The van der Waals surface area contributed by atoms with Gasteiger partial charge in [-0.3, -0.25) is 14.7 Å². The Bertz CT molecular complexity index is 1080. The maximum atomic E-state index is 13.1. The van der Waals surface area contributed by atoms with Crippen molar-refractivity contribution in [3.05, 3.63) is 75.9 Å². The van der Waals surface area contributed by atoms with E-state index in [4.69, 9.17) is 21.3 Å². The van der Waals surface area contributed by atoms with E-state index in [1.165, 1.54) is 0 Å². The first-order valence-electron chi connectivity index (χ1n) is 9.65. The quantitative estimate of drug-likeness (QED) is 0.465. The zero-order chi connectivity index (χ0) is 20.4. The Balaban J connectivity index is 1.64. The molecule has 0 aliphatic carbocycles. The van der Waals surface area contributed by atoms with Gasteiger partial charge < -0.3 is 4.74 Å². The van der Waals surface area contributed by atoms with Gasteiger partial charge in [0.15, 0.2) is 12.4 Å². The number of carbonyl (C=O) groups is 2. The average molecular weight is 409 g/mol. The zero-order valence-electron chi connectivity index (χ0n) is 16.2. The molecule has 0 atom stereocenters. The van der Waals surface area contributed by atoms with E-state index in [1.54, 1.807) is 24.3 Å². The van der Waals surface area contributed by atoms with Crippen molar-refractivity contribution in [2.45, 2.75) is 19.9 Å². The van der Waals surface area contributed by atoms with Gasteiger partial charge in [0.05, 0.1) is 11.1 Å². The standard InChI is InChI=1S/C23H21ClN2O3/c1-2-26-12-11-20-18(13-26)22(17-5-3-4-6-19(17)25-20)23(28)29-14-21(27)15-7-9-16(24)10-8-15/h3-10H,2,11-14H2,1H3. The highest BCUT2D eigenvalue weighted by atomic mass is 35.5. The molecule has 0 N–H and O–H groups in total. The Kier molecular flexibility index (Phi) is 5.60. The predicted octanol–water partition coefficient (Wildman–Crippen LogP) is 4.31. The number of halogens is 1. The van der Waals surface area contributed by atoms with Gasteiger partial charge in [0.1, 0.15) is 0 Å². The van der Waals surface area contributed by atoms with Gasteiger partial charge in [-0.05, 0) is 36.9 Å². The number of benzene rings is 2. The minimum absolute atomic E-state index is 0.266. The first-order valence-corrected chi connectivity index (χ1v) is 10.0. The molecule has 148 valence electrons. The van der Waals surface area contributed by atoms with Crippen LogP contribution in [0.1, 0.15) is 38.9 Å². The topological polar surface area (TPSA) is 59.5 Å². The Labute approximate surface area is 174 Å². The van der Waals surface area contributed by atoms with Crippen LogP contribution in [0.5, 0.6) is 0 Å². The largest absolute Gasteiger partial charge is 0.454 e. The fourth-order valence-corrected chi connectivity index (χ4v) is 3.80. The second kappa shape index (κ2) is 8.31. The molecule has 4 rings (SSSR count). The molecule has 0 saturated carbocycles. The lowest BCUT2D eigenvalue weighted by Crippen LogP contribution is -2.32. The summed E-state index contributed by atoms with van der Waals surface area (Å²) in [5.41, 5.74) is 3.59. The van der Waals surface area contributed by atoms with E-state index in [1.807, 2.05) is 24.3 Å². The van der Waals surface area contributed by atoms with Gasteiger partial charge in [-0.1, -0.05) is 36.7 Å². The molecular formula is C23H21ClN2O3. The summed E-state index contributed by atoms with van der Waals surface area (Å²) in [7, 11) is 0. The number of ketones is 1. The van der Waals surface area contributed by atoms with Crippen LogP contribution >= 0.6 is 11.6 Å². The molecule has 1 aliphatic rings. The summed E-state index contributed by atoms with van der Waals surface area (Å²) in [4.78, 5) is 32.5. The van der Waals surface area contributed by atoms with Crippen LogP contribution in [0.25, 0.3) is 10.9 Å². The number of likely N-dealkylation sites (N-methyl/N-ethyl adjacent to an activating group) is 1. The summed E-state index contributed by atoms with van der Waals surface area (Å²) >= 11 is 5.86. The van der Waals surface area contributed by atoms with Crippen LogP contribution in [-0.2, 0) is 17.7 Å². The van der Waals surface area contributed by atoms with Crippen molar-refractivity contribution in [3.63, 3.8) is 0 Å². The van der Waals surface area contributed by atoms with Crippen LogP contribution in [-0.4, -0.2) is 41.3 Å². The molecular weight excluding hydrogens is 388 g/mol. The SMILES string of the molecule is CCN1CCc2nc3ccccc3c(C(=O)OCC(=O)c3ccc(Cl)cc3)c2C1. The number of rotatable bonds is 5. The number of Topliss-reactive ketones (excluding diaryl/α,β-unsaturated/α-hetero) is 1. The molecule has 0 bridgehead atoms. The predicted molar refractivity (Wildman–Crippen MR) is 112 cm³/mol. The number of nitrogens with zero attached hydrogens (tertiary/aromatic N) is 2. The van der Waals surface area contributed by atoms with Gasteiger partial charge in [-0.2, -0.15) is 0 Å². The Morgan fingerprint density at radius 1 is 1.14 bits per heavy atom. The average Bonchev–Trinajstić information content (AvgIpc) is 2.75. The van der Waals surface area contributed by atoms with Crippen LogP contribution in [0, 0.1) is 0 Å². The number of esters is 1. The van der Waals surface area contributed by atoms with Crippen molar-refractivity contribution < 1.29 is 14.3 Å². The lowest BCUT2D eigenvalue weighted by molar-refractivity contribution is 0.0474. The summed E-state index contributed by atoms with van der Waals surface area (Å²) < 4.78 is 5.45. The van der Waals surface area contributed by atoms with E-state index >= 15 is 0 Å². The maximum Gasteiger partial charge on any atom is 0.339 e. The number of pyridine rings is 1. The molecule has 2 aromatic carbocycles. The minimum atomic E-state index is -0.486. The molecule has 29 heavy (non-hydrogen) atoms. The molecule has 2 heterocycles. The van der Waals surface area contributed by atoms with E-state index in [0.717, 1.165) is 41.7 Å². The highest BCUT2D eigenvalue weighted by molar-refractivity contribution is 6.30. The van der Waals surface area contributed by atoms with Gasteiger partial charge in [0.2, 0.25) is 0 Å². The van der Waals surface area contributed by atoms with Crippen molar-refractivity contribution in [2.75, 3.05) is 19.7 Å². The van der Waals surface area contributed by atoms with E-state index in [-0.39, 0.29) is 12.4 Å². The molecule has 0 saturated heterocycles. The van der Waals surface area contributed by atoms with E-state index in [0.29, 0.717) is 22.7 Å². The highest BCUT2D eigenvalue weighted by Gasteiger charge is 2.26. The van der Waals surface area contributed by atoms with Crippen LogP contribution in [0.4, 0.5) is 0 Å². The van der Waals surface area contributed by atoms with Gasteiger partial charge in [0.25, 0.3) is 0 Å². The molecule has 5 nitrogen and oxygen atoms in total. The number of fused-ring (bicyclic) bond motifs is 2. The number of ether oxygens (including phenoxy) is 1. The fraction of sp³-hybridized carbons (Fsp3) is 0.261. The normalized spacial score (nSPS) is 13.9. The third-order valence-corrected chi connectivity index (χ3v) is 5.53. The zero-order valence-corrected chi connectivity index (χ0v) is 16.9. The Morgan fingerprint density at radius 3 is 2.66 bits per heavy atom. The number of hydrogen-bond donors (Lipinski definition) is 0. The lowest BCUT2D eigenvalue weighted by atomic mass is 9.96. The third kappa shape index (κ3) is 4.02. The second-order valence-corrected chi connectivity index (χ2v) is 7.49. The molecule has 0 unspecified atom stereocenters. The first kappa shape index (κ1) is 19.6. The monoisotopic (exact) mass is 408 g/mol. The summed E-state index contributed by atoms with van der Waals surface area (Å²) in [6.07, 6.45) is 0.790. The molecule has 0 radical (unpaired) electrons. The van der Waals surface area contributed by atoms with Crippen LogP contribution in [0.3, 0.4) is 0 Å². The van der Waals surface area contributed by atoms with E-state index in [2.05, 4.69) is 11.8 Å². The molecule has 3 aromatic rings. The van der Waals surface area contributed by atoms with Gasteiger partial charge in [-0.15, -0.1) is 0 Å². The second-order valence-electron chi connectivity index (χ2n) is 7.05. The summed E-state index contributed by atoms with van der Waals surface area (Å²) in [5, 5.41) is 1.31. The first-order chi connectivity index (χ1) is 14.1. The van der Waals surface area contributed by atoms with Gasteiger partial charge in [0, 0.05) is 46.7 Å². The molecule has 0 fully saturated rings.